The first-order chi connectivity index (χ1) is 12.4. The number of rotatable bonds is 5. The third-order valence-electron chi connectivity index (χ3n) is 4.60. The summed E-state index contributed by atoms with van der Waals surface area (Å²) in [5.41, 5.74) is 0.328. The zero-order valence-electron chi connectivity index (χ0n) is 14.9. The van der Waals surface area contributed by atoms with E-state index in [2.05, 4.69) is 5.32 Å². The van der Waals surface area contributed by atoms with E-state index >= 15 is 0 Å². The molecule has 1 aliphatic rings. The summed E-state index contributed by atoms with van der Waals surface area (Å²) in [5.74, 6) is -0.400. The maximum absolute atomic E-state index is 13.0. The molecule has 134 valence electrons. The summed E-state index contributed by atoms with van der Waals surface area (Å²) in [5, 5.41) is 2.74. The number of carbonyl (C=O) groups excluding carboxylic acids is 3. The second kappa shape index (κ2) is 6.63. The van der Waals surface area contributed by atoms with Gasteiger partial charge in [-0.25, -0.2) is 0 Å². The molecule has 0 aromatic heterocycles. The number of likely N-dealkylation sites (N-methyl/N-ethyl adjacent to an activating group) is 1. The maximum atomic E-state index is 13.0. The Morgan fingerprint density at radius 1 is 1.15 bits per heavy atom. The molecule has 1 aliphatic heterocycles. The quantitative estimate of drug-likeness (QED) is 0.838. The molecule has 1 atom stereocenters. The molecule has 1 N–H and O–H groups in total. The van der Waals surface area contributed by atoms with Gasteiger partial charge >= 0.3 is 0 Å². The fourth-order valence-electron chi connectivity index (χ4n) is 3.41. The number of benzene rings is 2. The SMILES string of the molecule is COc1cccc(C(=O)CC2(NC(C)=O)C(=O)N(C)c3ccccc32)c1. The Morgan fingerprint density at radius 3 is 2.58 bits per heavy atom. The molecular weight excluding hydrogens is 332 g/mol. The van der Waals surface area contributed by atoms with Gasteiger partial charge in [0.1, 0.15) is 5.75 Å². The van der Waals surface area contributed by atoms with Gasteiger partial charge in [-0.15, -0.1) is 0 Å². The average molecular weight is 352 g/mol. The highest BCUT2D eigenvalue weighted by Gasteiger charge is 2.51. The summed E-state index contributed by atoms with van der Waals surface area (Å²) in [6, 6.07) is 13.9. The number of ether oxygens (including phenoxy) is 1. The zero-order chi connectivity index (χ0) is 18.9. The topological polar surface area (TPSA) is 75.7 Å². The molecular formula is C20H20N2O4. The summed E-state index contributed by atoms with van der Waals surface area (Å²) < 4.78 is 5.16. The van der Waals surface area contributed by atoms with E-state index in [1.54, 1.807) is 49.5 Å². The van der Waals surface area contributed by atoms with Crippen molar-refractivity contribution in [3.63, 3.8) is 0 Å². The second-order valence-electron chi connectivity index (χ2n) is 6.30. The van der Waals surface area contributed by atoms with Gasteiger partial charge in [-0.05, 0) is 18.2 Å². The minimum absolute atomic E-state index is 0.167. The molecule has 2 amide bonds. The minimum atomic E-state index is -1.41. The number of hydrogen-bond acceptors (Lipinski definition) is 4. The number of Topliss-reactive ketones (excluding diaryl/α,β-unsaturated/α-hetero) is 1. The summed E-state index contributed by atoms with van der Waals surface area (Å²) in [4.78, 5) is 39.3. The smallest absolute Gasteiger partial charge is 0.257 e. The molecule has 0 saturated heterocycles. The van der Waals surface area contributed by atoms with Gasteiger partial charge in [0.05, 0.1) is 7.11 Å². The number of ketones is 1. The van der Waals surface area contributed by atoms with E-state index in [-0.39, 0.29) is 24.0 Å². The highest BCUT2D eigenvalue weighted by atomic mass is 16.5. The normalized spacial score (nSPS) is 18.4. The third-order valence-corrected chi connectivity index (χ3v) is 4.60. The molecule has 1 heterocycles. The highest BCUT2D eigenvalue weighted by molar-refractivity contribution is 6.12. The summed E-state index contributed by atoms with van der Waals surface area (Å²) in [6.45, 7) is 1.34. The van der Waals surface area contributed by atoms with Crippen molar-refractivity contribution in [3.05, 3.63) is 59.7 Å². The Morgan fingerprint density at radius 2 is 1.88 bits per heavy atom. The molecule has 0 fully saturated rings. The number of hydrogen-bond donors (Lipinski definition) is 1. The average Bonchev–Trinajstić information content (AvgIpc) is 2.84. The fraction of sp³-hybridized carbons (Fsp3) is 0.250. The van der Waals surface area contributed by atoms with Gasteiger partial charge in [-0.2, -0.15) is 0 Å². The van der Waals surface area contributed by atoms with Crippen LogP contribution < -0.4 is 15.0 Å². The lowest BCUT2D eigenvalue weighted by atomic mass is 9.84. The second-order valence-corrected chi connectivity index (χ2v) is 6.30. The summed E-state index contributed by atoms with van der Waals surface area (Å²) >= 11 is 0. The van der Waals surface area contributed by atoms with Gasteiger partial charge in [-0.3, -0.25) is 14.4 Å². The number of amides is 2. The molecule has 0 bridgehead atoms. The molecule has 6 heteroatoms. The molecule has 3 rings (SSSR count). The van der Waals surface area contributed by atoms with Crippen LogP contribution in [0.3, 0.4) is 0 Å². The van der Waals surface area contributed by atoms with Crippen LogP contribution in [0.4, 0.5) is 5.69 Å². The summed E-state index contributed by atoms with van der Waals surface area (Å²) in [7, 11) is 3.16. The van der Waals surface area contributed by atoms with Gasteiger partial charge < -0.3 is 15.0 Å². The highest BCUT2D eigenvalue weighted by Crippen LogP contribution is 2.42. The van der Waals surface area contributed by atoms with Crippen LogP contribution in [0.25, 0.3) is 0 Å². The van der Waals surface area contributed by atoms with Crippen LogP contribution in [-0.4, -0.2) is 31.8 Å². The first-order valence-corrected chi connectivity index (χ1v) is 8.22. The number of para-hydroxylation sites is 1. The van der Waals surface area contributed by atoms with Gasteiger partial charge in [-0.1, -0.05) is 30.3 Å². The minimum Gasteiger partial charge on any atom is -0.497 e. The van der Waals surface area contributed by atoms with Crippen LogP contribution in [0.2, 0.25) is 0 Å². The molecule has 0 aliphatic carbocycles. The first kappa shape index (κ1) is 17.7. The Labute approximate surface area is 151 Å². The van der Waals surface area contributed by atoms with Crippen molar-refractivity contribution in [3.8, 4) is 5.75 Å². The van der Waals surface area contributed by atoms with E-state index < -0.39 is 5.54 Å². The predicted molar refractivity (Wildman–Crippen MR) is 97.3 cm³/mol. The molecule has 6 nitrogen and oxygen atoms in total. The van der Waals surface area contributed by atoms with Crippen LogP contribution in [0.5, 0.6) is 5.75 Å². The maximum Gasteiger partial charge on any atom is 0.257 e. The fourth-order valence-corrected chi connectivity index (χ4v) is 3.41. The Hall–Kier alpha value is -3.15. The van der Waals surface area contributed by atoms with Crippen molar-refractivity contribution >= 4 is 23.3 Å². The zero-order valence-corrected chi connectivity index (χ0v) is 14.9. The Balaban J connectivity index is 2.05. The van der Waals surface area contributed by atoms with Crippen LogP contribution >= 0.6 is 0 Å². The van der Waals surface area contributed by atoms with Crippen molar-refractivity contribution in [2.45, 2.75) is 18.9 Å². The molecule has 26 heavy (non-hydrogen) atoms. The van der Waals surface area contributed by atoms with Crippen LogP contribution in [0.1, 0.15) is 29.3 Å². The number of carbonyl (C=O) groups is 3. The first-order valence-electron chi connectivity index (χ1n) is 8.22. The lowest BCUT2D eigenvalue weighted by molar-refractivity contribution is -0.130. The Kier molecular flexibility index (Phi) is 4.50. The van der Waals surface area contributed by atoms with E-state index in [0.717, 1.165) is 0 Å². The molecule has 2 aromatic rings. The number of methoxy groups -OCH3 is 1. The Bertz CT molecular complexity index is 893. The largest absolute Gasteiger partial charge is 0.497 e. The number of nitrogens with one attached hydrogen (secondary N) is 1. The number of nitrogens with zero attached hydrogens (tertiary/aromatic N) is 1. The van der Waals surface area contributed by atoms with Crippen LogP contribution in [0.15, 0.2) is 48.5 Å². The van der Waals surface area contributed by atoms with Gasteiger partial charge in [0.25, 0.3) is 5.91 Å². The van der Waals surface area contributed by atoms with Gasteiger partial charge in [0.2, 0.25) is 5.91 Å². The predicted octanol–water partition coefficient (Wildman–Crippen LogP) is 2.28. The molecule has 2 aromatic carbocycles. The van der Waals surface area contributed by atoms with E-state index in [1.165, 1.54) is 18.9 Å². The standard InChI is InChI=1S/C20H20N2O4/c1-13(23)21-20(12-18(24)14-7-6-8-15(11-14)26-3)16-9-4-5-10-17(16)22(2)19(20)25/h4-11H,12H2,1-3H3,(H,21,23). The van der Waals surface area contributed by atoms with Crippen LogP contribution in [-0.2, 0) is 15.1 Å². The van der Waals surface area contributed by atoms with Crippen molar-refractivity contribution < 1.29 is 19.1 Å². The van der Waals surface area contributed by atoms with Gasteiger partial charge in [0.15, 0.2) is 11.3 Å². The molecule has 1 unspecified atom stereocenters. The van der Waals surface area contributed by atoms with Crippen molar-refractivity contribution in [1.29, 1.82) is 0 Å². The van der Waals surface area contributed by atoms with Crippen molar-refractivity contribution in [2.75, 3.05) is 19.1 Å². The van der Waals surface area contributed by atoms with E-state index in [4.69, 9.17) is 4.74 Å². The van der Waals surface area contributed by atoms with Crippen molar-refractivity contribution in [1.82, 2.24) is 5.32 Å². The molecule has 0 saturated carbocycles. The number of anilines is 1. The number of fused-ring (bicyclic) bond motifs is 1. The van der Waals surface area contributed by atoms with Crippen molar-refractivity contribution in [2.24, 2.45) is 0 Å². The van der Waals surface area contributed by atoms with E-state index in [1.807, 2.05) is 6.07 Å². The van der Waals surface area contributed by atoms with Gasteiger partial charge in [0, 0.05) is 37.2 Å². The third kappa shape index (κ3) is 2.83. The monoisotopic (exact) mass is 352 g/mol. The molecule has 0 spiro atoms. The van der Waals surface area contributed by atoms with E-state index in [9.17, 15) is 14.4 Å². The lowest BCUT2D eigenvalue weighted by Crippen LogP contribution is -2.53. The molecule has 0 radical (unpaired) electrons. The lowest BCUT2D eigenvalue weighted by Gasteiger charge is -2.28. The summed E-state index contributed by atoms with van der Waals surface area (Å²) in [6.07, 6.45) is -0.167. The van der Waals surface area contributed by atoms with E-state index in [0.29, 0.717) is 22.6 Å². The van der Waals surface area contributed by atoms with Crippen LogP contribution in [0, 0.1) is 0 Å².